The Balaban J connectivity index is 2.72. The molecule has 1 atom stereocenters. The molecule has 0 fully saturated rings. The van der Waals surface area contributed by atoms with Crippen LogP contribution >= 0.6 is 0 Å². The molecule has 5 nitrogen and oxygen atoms in total. The largest absolute Gasteiger partial charge is 0.387 e. The third kappa shape index (κ3) is 3.78. The van der Waals surface area contributed by atoms with E-state index in [2.05, 4.69) is 4.72 Å². The first-order valence-corrected chi connectivity index (χ1v) is 7.10. The molecule has 0 aromatic heterocycles. The normalized spacial score (nSPS) is 13.9. The monoisotopic (exact) mass is 272 g/mol. The smallest absolute Gasteiger partial charge is 0.279 e. The molecule has 0 spiro atoms. The molecule has 0 saturated carbocycles. The molecule has 0 aliphatic carbocycles. The van der Waals surface area contributed by atoms with Crippen LogP contribution < -0.4 is 4.72 Å². The number of aliphatic hydroxyl groups is 1. The molecule has 0 aliphatic heterocycles. The molecule has 0 amide bonds. The Kier molecular flexibility index (Phi) is 4.86. The summed E-state index contributed by atoms with van der Waals surface area (Å²) in [6.45, 7) is 3.90. The Morgan fingerprint density at radius 1 is 1.28 bits per heavy atom. The highest BCUT2D eigenvalue weighted by Crippen LogP contribution is 2.16. The van der Waals surface area contributed by atoms with Crippen molar-refractivity contribution in [2.24, 2.45) is 0 Å². The third-order valence-electron chi connectivity index (χ3n) is 2.86. The molecule has 0 radical (unpaired) electrons. The molecule has 6 heteroatoms. The van der Waals surface area contributed by atoms with E-state index in [9.17, 15) is 13.5 Å². The molecule has 1 rings (SSSR count). The molecular formula is C12H20N2O3S. The zero-order valence-electron chi connectivity index (χ0n) is 11.1. The van der Waals surface area contributed by atoms with Gasteiger partial charge in [-0.2, -0.15) is 17.4 Å². The van der Waals surface area contributed by atoms with Crippen LogP contribution in [-0.2, 0) is 10.2 Å². The SMILES string of the molecule is Cc1ccc(C(O)CNS(=O)(=O)N(C)C)cc1C. The second kappa shape index (κ2) is 5.79. The van der Waals surface area contributed by atoms with Crippen molar-refractivity contribution < 1.29 is 13.5 Å². The number of hydrogen-bond donors (Lipinski definition) is 2. The third-order valence-corrected chi connectivity index (χ3v) is 4.35. The Hall–Kier alpha value is -0.950. The number of aliphatic hydroxyl groups excluding tert-OH is 1. The van der Waals surface area contributed by atoms with E-state index in [1.165, 1.54) is 14.1 Å². The van der Waals surface area contributed by atoms with Crippen molar-refractivity contribution in [1.82, 2.24) is 9.03 Å². The average molecular weight is 272 g/mol. The molecule has 1 unspecified atom stereocenters. The first-order chi connectivity index (χ1) is 8.24. The molecule has 2 N–H and O–H groups in total. The fraction of sp³-hybridized carbons (Fsp3) is 0.500. The molecule has 18 heavy (non-hydrogen) atoms. The van der Waals surface area contributed by atoms with Crippen LogP contribution in [0.25, 0.3) is 0 Å². The molecule has 0 bridgehead atoms. The van der Waals surface area contributed by atoms with E-state index in [1.807, 2.05) is 26.0 Å². The maximum Gasteiger partial charge on any atom is 0.279 e. The van der Waals surface area contributed by atoms with Gasteiger partial charge in [-0.25, -0.2) is 0 Å². The van der Waals surface area contributed by atoms with Crippen LogP contribution in [-0.4, -0.2) is 38.5 Å². The summed E-state index contributed by atoms with van der Waals surface area (Å²) >= 11 is 0. The fourth-order valence-corrected chi connectivity index (χ4v) is 2.03. The van der Waals surface area contributed by atoms with Crippen molar-refractivity contribution in [3.63, 3.8) is 0 Å². The van der Waals surface area contributed by atoms with E-state index in [0.717, 1.165) is 15.4 Å². The lowest BCUT2D eigenvalue weighted by atomic mass is 10.0. The lowest BCUT2D eigenvalue weighted by Gasteiger charge is -2.16. The van der Waals surface area contributed by atoms with Gasteiger partial charge < -0.3 is 5.11 Å². The summed E-state index contributed by atoms with van der Waals surface area (Å²) in [7, 11) is -0.626. The lowest BCUT2D eigenvalue weighted by molar-refractivity contribution is 0.181. The van der Waals surface area contributed by atoms with Gasteiger partial charge in [-0.1, -0.05) is 18.2 Å². The van der Waals surface area contributed by atoms with Crippen LogP contribution in [0.5, 0.6) is 0 Å². The summed E-state index contributed by atoms with van der Waals surface area (Å²) in [6, 6.07) is 5.58. The molecule has 1 aromatic carbocycles. The van der Waals surface area contributed by atoms with E-state index < -0.39 is 16.3 Å². The van der Waals surface area contributed by atoms with E-state index in [0.29, 0.717) is 5.56 Å². The summed E-state index contributed by atoms with van der Waals surface area (Å²) < 4.78 is 26.4. The summed E-state index contributed by atoms with van der Waals surface area (Å²) in [4.78, 5) is 0. The van der Waals surface area contributed by atoms with Gasteiger partial charge in [0.1, 0.15) is 0 Å². The van der Waals surface area contributed by atoms with Crippen molar-refractivity contribution in [1.29, 1.82) is 0 Å². The van der Waals surface area contributed by atoms with Crippen molar-refractivity contribution in [2.45, 2.75) is 20.0 Å². The van der Waals surface area contributed by atoms with Gasteiger partial charge in [0.15, 0.2) is 0 Å². The Morgan fingerprint density at radius 3 is 2.39 bits per heavy atom. The Morgan fingerprint density at radius 2 is 1.89 bits per heavy atom. The lowest BCUT2D eigenvalue weighted by Crippen LogP contribution is -2.37. The van der Waals surface area contributed by atoms with Crippen molar-refractivity contribution in [2.75, 3.05) is 20.6 Å². The number of nitrogens with one attached hydrogen (secondary N) is 1. The van der Waals surface area contributed by atoms with Crippen molar-refractivity contribution in [3.05, 3.63) is 34.9 Å². The zero-order valence-corrected chi connectivity index (χ0v) is 12.0. The molecular weight excluding hydrogens is 252 g/mol. The van der Waals surface area contributed by atoms with E-state index >= 15 is 0 Å². The fourth-order valence-electron chi connectivity index (χ4n) is 1.40. The molecule has 0 saturated heterocycles. The molecule has 102 valence electrons. The second-order valence-corrected chi connectivity index (χ2v) is 6.46. The maximum absolute atomic E-state index is 11.5. The molecule has 0 heterocycles. The summed E-state index contributed by atoms with van der Waals surface area (Å²) in [6.07, 6.45) is -0.848. The number of nitrogens with zero attached hydrogens (tertiary/aromatic N) is 1. The first-order valence-electron chi connectivity index (χ1n) is 5.66. The molecule has 1 aromatic rings. The van der Waals surface area contributed by atoms with Crippen LogP contribution in [0.4, 0.5) is 0 Å². The second-order valence-electron chi connectivity index (χ2n) is 4.50. The number of hydrogen-bond acceptors (Lipinski definition) is 3. The minimum Gasteiger partial charge on any atom is -0.387 e. The minimum atomic E-state index is -3.50. The first kappa shape index (κ1) is 15.1. The predicted octanol–water partition coefficient (Wildman–Crippen LogP) is 0.733. The van der Waals surface area contributed by atoms with Crippen molar-refractivity contribution in [3.8, 4) is 0 Å². The minimum absolute atomic E-state index is 0.0387. The highest BCUT2D eigenvalue weighted by Gasteiger charge is 2.16. The van der Waals surface area contributed by atoms with Crippen molar-refractivity contribution >= 4 is 10.2 Å². The van der Waals surface area contributed by atoms with Crippen LogP contribution in [0, 0.1) is 13.8 Å². The van der Waals surface area contributed by atoms with Gasteiger partial charge in [0.2, 0.25) is 0 Å². The highest BCUT2D eigenvalue weighted by atomic mass is 32.2. The topological polar surface area (TPSA) is 69.6 Å². The summed E-state index contributed by atoms with van der Waals surface area (Å²) in [5.41, 5.74) is 2.92. The summed E-state index contributed by atoms with van der Waals surface area (Å²) in [5.74, 6) is 0. The van der Waals surface area contributed by atoms with E-state index in [-0.39, 0.29) is 6.54 Å². The number of rotatable bonds is 5. The summed E-state index contributed by atoms with van der Waals surface area (Å²) in [5, 5.41) is 9.94. The number of aryl methyl sites for hydroxylation is 2. The Labute approximate surface area is 109 Å². The van der Waals surface area contributed by atoms with Crippen LogP contribution in [0.2, 0.25) is 0 Å². The zero-order chi connectivity index (χ0) is 13.9. The van der Waals surface area contributed by atoms with Gasteiger partial charge in [0.25, 0.3) is 10.2 Å². The highest BCUT2D eigenvalue weighted by molar-refractivity contribution is 7.87. The predicted molar refractivity (Wildman–Crippen MR) is 71.5 cm³/mol. The van der Waals surface area contributed by atoms with Gasteiger partial charge in [0, 0.05) is 20.6 Å². The number of benzene rings is 1. The van der Waals surface area contributed by atoms with Gasteiger partial charge in [-0.15, -0.1) is 0 Å². The van der Waals surface area contributed by atoms with Crippen LogP contribution in [0.1, 0.15) is 22.8 Å². The van der Waals surface area contributed by atoms with E-state index in [4.69, 9.17) is 0 Å². The van der Waals surface area contributed by atoms with Crippen LogP contribution in [0.3, 0.4) is 0 Å². The van der Waals surface area contributed by atoms with Gasteiger partial charge in [-0.05, 0) is 30.5 Å². The molecule has 0 aliphatic rings. The average Bonchev–Trinajstić information content (AvgIpc) is 2.29. The van der Waals surface area contributed by atoms with E-state index in [1.54, 1.807) is 6.07 Å². The standard InChI is InChI=1S/C12H20N2O3S/c1-9-5-6-11(7-10(9)2)12(15)8-13-18(16,17)14(3)4/h5-7,12-13,15H,8H2,1-4H3. The quantitative estimate of drug-likeness (QED) is 0.830. The van der Waals surface area contributed by atoms with Gasteiger partial charge in [-0.3, -0.25) is 0 Å². The van der Waals surface area contributed by atoms with Gasteiger partial charge in [0.05, 0.1) is 6.10 Å². The van der Waals surface area contributed by atoms with Crippen LogP contribution in [0.15, 0.2) is 18.2 Å². The maximum atomic E-state index is 11.5. The Bertz CT molecular complexity index is 512. The van der Waals surface area contributed by atoms with Gasteiger partial charge >= 0.3 is 0 Å².